The Hall–Kier alpha value is -0.585. The highest BCUT2D eigenvalue weighted by atomic mass is 35.5. The van der Waals surface area contributed by atoms with Crippen molar-refractivity contribution in [3.8, 4) is 0 Å². The van der Waals surface area contributed by atoms with E-state index in [1.165, 1.54) is 0 Å². The number of rotatable bonds is 3. The second-order valence-corrected chi connectivity index (χ2v) is 6.82. The van der Waals surface area contributed by atoms with E-state index in [1.807, 2.05) is 33.8 Å². The molecular weight excluding hydrogens is 310 g/mol. The van der Waals surface area contributed by atoms with Crippen molar-refractivity contribution in [2.45, 2.75) is 38.9 Å². The Bertz CT molecular complexity index is 560. The fourth-order valence-electron chi connectivity index (χ4n) is 1.95. The van der Waals surface area contributed by atoms with Crippen LogP contribution in [0.2, 0.25) is 10.2 Å². The molecular formula is C14H19BCl2N2O2. The first kappa shape index (κ1) is 16.8. The van der Waals surface area contributed by atoms with Crippen molar-refractivity contribution < 1.29 is 9.31 Å². The number of hydrogen-bond donors (Lipinski definition) is 1. The highest BCUT2D eigenvalue weighted by molar-refractivity contribution is 6.56. The zero-order valence-electron chi connectivity index (χ0n) is 12.6. The van der Waals surface area contributed by atoms with Gasteiger partial charge in [0.25, 0.3) is 0 Å². The van der Waals surface area contributed by atoms with Crippen molar-refractivity contribution in [1.82, 2.24) is 4.98 Å². The fourth-order valence-corrected chi connectivity index (χ4v) is 2.22. The van der Waals surface area contributed by atoms with E-state index in [9.17, 15) is 0 Å². The second-order valence-electron chi connectivity index (χ2n) is 6.05. The molecule has 1 aliphatic heterocycles. The molecule has 0 radical (unpaired) electrons. The van der Waals surface area contributed by atoms with Crippen molar-refractivity contribution in [2.24, 2.45) is 5.73 Å². The fraction of sp³-hybridized carbons (Fsp3) is 0.500. The van der Waals surface area contributed by atoms with Crippen LogP contribution in [0.15, 0.2) is 17.7 Å². The van der Waals surface area contributed by atoms with Crippen LogP contribution < -0.4 is 5.73 Å². The van der Waals surface area contributed by atoms with Gasteiger partial charge in [-0.15, -0.1) is 0 Å². The lowest BCUT2D eigenvalue weighted by Gasteiger charge is -2.32. The maximum Gasteiger partial charge on any atom is 0.491 e. The van der Waals surface area contributed by atoms with Gasteiger partial charge >= 0.3 is 7.12 Å². The largest absolute Gasteiger partial charge is 0.491 e. The third-order valence-electron chi connectivity index (χ3n) is 3.96. The predicted molar refractivity (Wildman–Crippen MR) is 87.4 cm³/mol. The van der Waals surface area contributed by atoms with E-state index in [2.05, 4.69) is 4.98 Å². The Morgan fingerprint density at radius 3 is 2.33 bits per heavy atom. The van der Waals surface area contributed by atoms with Crippen molar-refractivity contribution in [3.63, 3.8) is 0 Å². The number of halogens is 2. The van der Waals surface area contributed by atoms with Crippen molar-refractivity contribution in [1.29, 1.82) is 0 Å². The number of nitrogens with zero attached hydrogens (tertiary/aromatic N) is 1. The van der Waals surface area contributed by atoms with Crippen LogP contribution in [-0.2, 0) is 9.31 Å². The molecule has 2 heterocycles. The quantitative estimate of drug-likeness (QED) is 0.682. The lowest BCUT2D eigenvalue weighted by atomic mass is 9.77. The smallest absolute Gasteiger partial charge is 0.400 e. The molecule has 2 rings (SSSR count). The SMILES string of the molecule is CC1(C)OB(C(=Cc2cnc(Cl)c(Cl)c2)CN)OC1(C)C. The lowest BCUT2D eigenvalue weighted by molar-refractivity contribution is 0.00578. The van der Waals surface area contributed by atoms with Gasteiger partial charge in [0, 0.05) is 12.7 Å². The van der Waals surface area contributed by atoms with Gasteiger partial charge in [-0.25, -0.2) is 4.98 Å². The highest BCUT2D eigenvalue weighted by Crippen LogP contribution is 2.38. The number of pyridine rings is 1. The van der Waals surface area contributed by atoms with Gasteiger partial charge < -0.3 is 15.0 Å². The number of nitrogens with two attached hydrogens (primary N) is 1. The van der Waals surface area contributed by atoms with E-state index in [1.54, 1.807) is 12.3 Å². The molecule has 114 valence electrons. The molecule has 0 aromatic carbocycles. The topological polar surface area (TPSA) is 57.4 Å². The molecule has 2 N–H and O–H groups in total. The summed E-state index contributed by atoms with van der Waals surface area (Å²) in [5.41, 5.74) is 6.67. The van der Waals surface area contributed by atoms with Crippen LogP contribution in [0.1, 0.15) is 33.3 Å². The summed E-state index contributed by atoms with van der Waals surface area (Å²) in [7, 11) is -0.477. The van der Waals surface area contributed by atoms with Gasteiger partial charge in [-0.2, -0.15) is 0 Å². The Labute approximate surface area is 135 Å². The van der Waals surface area contributed by atoms with Crippen LogP contribution in [0.25, 0.3) is 6.08 Å². The summed E-state index contributed by atoms with van der Waals surface area (Å²) >= 11 is 11.8. The van der Waals surface area contributed by atoms with E-state index >= 15 is 0 Å². The Kier molecular flexibility index (Phi) is 4.71. The molecule has 0 saturated carbocycles. The monoisotopic (exact) mass is 328 g/mol. The Morgan fingerprint density at radius 2 is 1.86 bits per heavy atom. The molecule has 0 amide bonds. The molecule has 0 aliphatic carbocycles. The lowest BCUT2D eigenvalue weighted by Crippen LogP contribution is -2.41. The molecule has 0 bridgehead atoms. The zero-order valence-corrected chi connectivity index (χ0v) is 14.1. The standard InChI is InChI=1S/C14H19BCl2N2O2/c1-13(2)14(3,4)21-15(20-13)10(7-18)5-9-6-11(16)12(17)19-8-9/h5-6,8H,7,18H2,1-4H3. The van der Waals surface area contributed by atoms with Crippen molar-refractivity contribution in [3.05, 3.63) is 33.5 Å². The molecule has 1 aromatic rings. The minimum atomic E-state index is -0.477. The third-order valence-corrected chi connectivity index (χ3v) is 4.65. The van der Waals surface area contributed by atoms with Gasteiger partial charge in [-0.1, -0.05) is 29.3 Å². The summed E-state index contributed by atoms with van der Waals surface area (Å²) in [5, 5.41) is 0.675. The van der Waals surface area contributed by atoms with Crippen molar-refractivity contribution >= 4 is 36.4 Å². The van der Waals surface area contributed by atoms with Crippen LogP contribution in [0, 0.1) is 0 Å². The first-order chi connectivity index (χ1) is 9.66. The average molecular weight is 329 g/mol. The maximum atomic E-state index is 5.99. The normalized spacial score (nSPS) is 20.9. The van der Waals surface area contributed by atoms with Gasteiger partial charge in [0.15, 0.2) is 0 Å². The third kappa shape index (κ3) is 3.43. The van der Waals surface area contributed by atoms with E-state index in [0.717, 1.165) is 11.0 Å². The van der Waals surface area contributed by atoms with Crippen LogP contribution in [0.4, 0.5) is 0 Å². The summed E-state index contributed by atoms with van der Waals surface area (Å²) in [4.78, 5) is 4.02. The molecule has 4 nitrogen and oxygen atoms in total. The number of hydrogen-bond acceptors (Lipinski definition) is 4. The van der Waals surface area contributed by atoms with Crippen LogP contribution >= 0.6 is 23.2 Å². The molecule has 0 atom stereocenters. The van der Waals surface area contributed by atoms with Crippen LogP contribution in [0.5, 0.6) is 0 Å². The summed E-state index contributed by atoms with van der Waals surface area (Å²) in [6, 6.07) is 1.73. The molecule has 21 heavy (non-hydrogen) atoms. The molecule has 1 fully saturated rings. The molecule has 1 aliphatic rings. The summed E-state index contributed by atoms with van der Waals surface area (Å²) < 4.78 is 12.0. The van der Waals surface area contributed by atoms with Crippen LogP contribution in [-0.4, -0.2) is 29.8 Å². The molecule has 1 aromatic heterocycles. The van der Waals surface area contributed by atoms with Gasteiger partial charge in [0.05, 0.1) is 16.2 Å². The summed E-state index contributed by atoms with van der Waals surface area (Å²) in [5.74, 6) is 0. The Balaban J connectivity index is 2.28. The van der Waals surface area contributed by atoms with Gasteiger partial charge in [-0.3, -0.25) is 0 Å². The van der Waals surface area contributed by atoms with Gasteiger partial charge in [-0.05, 0) is 44.8 Å². The predicted octanol–water partition coefficient (Wildman–Crippen LogP) is 3.36. The molecule has 1 saturated heterocycles. The molecule has 7 heteroatoms. The van der Waals surface area contributed by atoms with Crippen molar-refractivity contribution in [2.75, 3.05) is 6.54 Å². The van der Waals surface area contributed by atoms with E-state index in [-0.39, 0.29) is 5.15 Å². The second kappa shape index (κ2) is 5.90. The number of aromatic nitrogens is 1. The average Bonchev–Trinajstić information content (AvgIpc) is 2.59. The Morgan fingerprint density at radius 1 is 1.29 bits per heavy atom. The highest BCUT2D eigenvalue weighted by Gasteiger charge is 2.52. The minimum Gasteiger partial charge on any atom is -0.400 e. The van der Waals surface area contributed by atoms with E-state index in [4.69, 9.17) is 38.2 Å². The van der Waals surface area contributed by atoms with E-state index in [0.29, 0.717) is 11.6 Å². The molecule has 0 unspecified atom stereocenters. The maximum absolute atomic E-state index is 5.99. The first-order valence-corrected chi connectivity index (χ1v) is 7.49. The summed E-state index contributed by atoms with van der Waals surface area (Å²) in [6.07, 6.45) is 3.51. The summed E-state index contributed by atoms with van der Waals surface area (Å²) in [6.45, 7) is 8.32. The van der Waals surface area contributed by atoms with E-state index < -0.39 is 18.3 Å². The van der Waals surface area contributed by atoms with Gasteiger partial charge in [0.2, 0.25) is 0 Å². The van der Waals surface area contributed by atoms with Crippen LogP contribution in [0.3, 0.4) is 0 Å². The molecule has 0 spiro atoms. The zero-order chi connectivity index (χ0) is 15.8. The first-order valence-electron chi connectivity index (χ1n) is 6.73. The van der Waals surface area contributed by atoms with Gasteiger partial charge in [0.1, 0.15) is 5.15 Å². The minimum absolute atomic E-state index is 0.277.